The summed E-state index contributed by atoms with van der Waals surface area (Å²) in [7, 11) is 3.96. The quantitative estimate of drug-likeness (QED) is 0.582. The van der Waals surface area contributed by atoms with Crippen molar-refractivity contribution in [2.75, 3.05) is 24.3 Å². The number of fused-ring (bicyclic) bond motifs is 2. The number of nitrogens with one attached hydrogen (secondary N) is 2. The Bertz CT molecular complexity index is 1140. The lowest BCUT2D eigenvalue weighted by Crippen LogP contribution is -2.42. The summed E-state index contributed by atoms with van der Waals surface area (Å²) in [5.74, 6) is 3.71. The van der Waals surface area contributed by atoms with E-state index in [9.17, 15) is 4.79 Å². The van der Waals surface area contributed by atoms with Gasteiger partial charge in [-0.3, -0.25) is 4.79 Å². The van der Waals surface area contributed by atoms with Gasteiger partial charge >= 0.3 is 0 Å². The molecule has 3 aromatic rings. The zero-order valence-electron chi connectivity index (χ0n) is 19.9. The van der Waals surface area contributed by atoms with Gasteiger partial charge in [-0.2, -0.15) is 0 Å². The smallest absolute Gasteiger partial charge is 0.232 e. The molecule has 0 radical (unpaired) electrons. The fraction of sp³-hybridized carbons (Fsp3) is 0.370. The van der Waals surface area contributed by atoms with Crippen LogP contribution in [0.15, 0.2) is 54.6 Å². The molecule has 1 aromatic heterocycles. The van der Waals surface area contributed by atoms with Gasteiger partial charge in [-0.1, -0.05) is 36.4 Å². The van der Waals surface area contributed by atoms with Gasteiger partial charge in [0.25, 0.3) is 0 Å². The van der Waals surface area contributed by atoms with Crippen LogP contribution in [0.2, 0.25) is 0 Å². The van der Waals surface area contributed by atoms with Crippen LogP contribution in [0.3, 0.4) is 0 Å². The molecule has 2 aromatic carbocycles. The number of aromatic nitrogens is 2. The Hall–Kier alpha value is -3.61. The Morgan fingerprint density at radius 2 is 1.50 bits per heavy atom. The van der Waals surface area contributed by atoms with Gasteiger partial charge in [0.05, 0.1) is 5.92 Å². The molecule has 1 fully saturated rings. The third kappa shape index (κ3) is 4.55. The average Bonchev–Trinajstić information content (AvgIpc) is 2.83. The topological polar surface area (TPSA) is 79.4 Å². The Morgan fingerprint density at radius 1 is 0.912 bits per heavy atom. The van der Waals surface area contributed by atoms with Crippen LogP contribution in [-0.2, 0) is 4.79 Å². The van der Waals surface area contributed by atoms with Crippen LogP contribution in [0, 0.1) is 6.92 Å². The minimum Gasteiger partial charge on any atom is -0.457 e. The fourth-order valence-corrected chi connectivity index (χ4v) is 4.92. The zero-order chi connectivity index (χ0) is 23.7. The fourth-order valence-electron chi connectivity index (χ4n) is 4.92. The van der Waals surface area contributed by atoms with Gasteiger partial charge in [0.2, 0.25) is 5.91 Å². The zero-order valence-corrected chi connectivity index (χ0v) is 19.9. The van der Waals surface area contributed by atoms with Crippen LogP contribution >= 0.6 is 0 Å². The third-order valence-corrected chi connectivity index (χ3v) is 6.65. The van der Waals surface area contributed by atoms with Crippen molar-refractivity contribution in [1.29, 1.82) is 0 Å². The number of carbonyl (C=O) groups is 1. The van der Waals surface area contributed by atoms with Crippen LogP contribution in [0.1, 0.15) is 48.6 Å². The Morgan fingerprint density at radius 3 is 2.12 bits per heavy atom. The predicted octanol–water partition coefficient (Wildman–Crippen LogP) is 4.63. The molecule has 1 aliphatic heterocycles. The second kappa shape index (κ2) is 9.33. The highest BCUT2D eigenvalue weighted by Gasteiger charge is 2.34. The molecule has 2 aliphatic rings. The maximum atomic E-state index is 13.5. The van der Waals surface area contributed by atoms with E-state index in [0.717, 1.165) is 65.8 Å². The Balaban J connectivity index is 1.24. The molecule has 1 saturated carbocycles. The standard InChI is InChI=1S/C27H31N5O2/c1-17-28-24(16-25(29-17)32(2)3)30-18-12-14-19(15-13-18)31-27(33)26-20-8-4-6-10-22(20)34-23-11-7-5-9-21(23)26/h4-11,16,18-19,26H,12-15H2,1-3H3,(H,31,33)(H,28,29,30). The van der Waals surface area contributed by atoms with Crippen LogP contribution < -0.4 is 20.3 Å². The molecule has 34 heavy (non-hydrogen) atoms. The lowest BCUT2D eigenvalue weighted by molar-refractivity contribution is -0.122. The van der Waals surface area contributed by atoms with Gasteiger partial charge in [0.15, 0.2) is 0 Å². The van der Waals surface area contributed by atoms with Crippen molar-refractivity contribution < 1.29 is 9.53 Å². The first-order chi connectivity index (χ1) is 16.5. The van der Waals surface area contributed by atoms with E-state index in [4.69, 9.17) is 4.74 Å². The highest BCUT2D eigenvalue weighted by molar-refractivity contribution is 5.89. The lowest BCUT2D eigenvalue weighted by atomic mass is 9.86. The van der Waals surface area contributed by atoms with Crippen LogP contribution in [0.4, 0.5) is 11.6 Å². The van der Waals surface area contributed by atoms with E-state index < -0.39 is 0 Å². The summed E-state index contributed by atoms with van der Waals surface area (Å²) in [6, 6.07) is 18.1. The molecule has 1 amide bonds. The number of aryl methyl sites for hydroxylation is 1. The first-order valence-electron chi connectivity index (χ1n) is 11.9. The Kier molecular flexibility index (Phi) is 6.09. The third-order valence-electron chi connectivity index (χ3n) is 6.65. The summed E-state index contributed by atoms with van der Waals surface area (Å²) in [5.41, 5.74) is 1.84. The summed E-state index contributed by atoms with van der Waals surface area (Å²) in [6.07, 6.45) is 3.82. The molecule has 2 N–H and O–H groups in total. The average molecular weight is 458 g/mol. The van der Waals surface area contributed by atoms with Gasteiger partial charge in [-0.25, -0.2) is 9.97 Å². The number of ether oxygens (including phenoxy) is 1. The van der Waals surface area contributed by atoms with Crippen LogP contribution in [0.5, 0.6) is 11.5 Å². The molecule has 0 atom stereocenters. The molecule has 7 nitrogen and oxygen atoms in total. The van der Waals surface area contributed by atoms with Crippen molar-refractivity contribution >= 4 is 17.5 Å². The summed E-state index contributed by atoms with van der Waals surface area (Å²) in [5, 5.41) is 6.91. The summed E-state index contributed by atoms with van der Waals surface area (Å²) < 4.78 is 6.05. The van der Waals surface area contributed by atoms with E-state index in [-0.39, 0.29) is 17.9 Å². The molecular weight excluding hydrogens is 426 g/mol. The number of carbonyl (C=O) groups excluding carboxylic acids is 1. The van der Waals surface area contributed by atoms with Gasteiger partial charge in [0, 0.05) is 43.4 Å². The van der Waals surface area contributed by atoms with Crippen molar-refractivity contribution in [2.24, 2.45) is 0 Å². The van der Waals surface area contributed by atoms with Gasteiger partial charge < -0.3 is 20.3 Å². The molecule has 2 heterocycles. The predicted molar refractivity (Wildman–Crippen MR) is 134 cm³/mol. The Labute approximate surface area is 200 Å². The molecule has 0 saturated heterocycles. The molecular formula is C27H31N5O2. The number of para-hydroxylation sites is 2. The number of hydrogen-bond acceptors (Lipinski definition) is 6. The van der Waals surface area contributed by atoms with E-state index in [1.54, 1.807) is 0 Å². The number of benzene rings is 2. The molecule has 176 valence electrons. The number of anilines is 2. The van der Waals surface area contributed by atoms with Crippen molar-refractivity contribution in [3.63, 3.8) is 0 Å². The largest absolute Gasteiger partial charge is 0.457 e. The molecule has 5 rings (SSSR count). The van der Waals surface area contributed by atoms with Gasteiger partial charge in [-0.05, 0) is 44.7 Å². The number of nitrogens with zero attached hydrogens (tertiary/aromatic N) is 3. The number of hydrogen-bond donors (Lipinski definition) is 2. The number of rotatable bonds is 5. The van der Waals surface area contributed by atoms with Crippen LogP contribution in [-0.4, -0.2) is 42.1 Å². The van der Waals surface area contributed by atoms with Gasteiger partial charge in [-0.15, -0.1) is 0 Å². The first-order valence-corrected chi connectivity index (χ1v) is 11.9. The minimum absolute atomic E-state index is 0.0432. The second-order valence-corrected chi connectivity index (χ2v) is 9.37. The van der Waals surface area contributed by atoms with Crippen molar-refractivity contribution in [3.8, 4) is 11.5 Å². The molecule has 1 aliphatic carbocycles. The van der Waals surface area contributed by atoms with E-state index in [2.05, 4.69) is 20.6 Å². The second-order valence-electron chi connectivity index (χ2n) is 9.37. The molecule has 0 spiro atoms. The maximum absolute atomic E-state index is 13.5. The minimum atomic E-state index is -0.356. The summed E-state index contributed by atoms with van der Waals surface area (Å²) >= 11 is 0. The van der Waals surface area contributed by atoms with E-state index >= 15 is 0 Å². The highest BCUT2D eigenvalue weighted by atomic mass is 16.5. The van der Waals surface area contributed by atoms with Gasteiger partial charge in [0.1, 0.15) is 29.0 Å². The summed E-state index contributed by atoms with van der Waals surface area (Å²) in [6.45, 7) is 1.91. The lowest BCUT2D eigenvalue weighted by Gasteiger charge is -2.32. The van der Waals surface area contributed by atoms with Crippen molar-refractivity contribution in [3.05, 3.63) is 71.5 Å². The first kappa shape index (κ1) is 22.2. The molecule has 0 unspecified atom stereocenters. The number of amides is 1. The summed E-state index contributed by atoms with van der Waals surface area (Å²) in [4.78, 5) is 24.5. The highest BCUT2D eigenvalue weighted by Crippen LogP contribution is 2.44. The van der Waals surface area contributed by atoms with E-state index in [0.29, 0.717) is 6.04 Å². The SMILES string of the molecule is Cc1nc(NC2CCC(NC(=O)C3c4ccccc4Oc4ccccc43)CC2)cc(N(C)C)n1. The monoisotopic (exact) mass is 457 g/mol. The molecule has 7 heteroatoms. The van der Waals surface area contributed by atoms with Crippen molar-refractivity contribution in [2.45, 2.75) is 50.6 Å². The van der Waals surface area contributed by atoms with Crippen LogP contribution in [0.25, 0.3) is 0 Å². The van der Waals surface area contributed by atoms with E-state index in [1.165, 1.54) is 0 Å². The normalized spacial score (nSPS) is 19.4. The molecule has 0 bridgehead atoms. The van der Waals surface area contributed by atoms with Crippen molar-refractivity contribution in [1.82, 2.24) is 15.3 Å². The van der Waals surface area contributed by atoms with E-state index in [1.807, 2.05) is 80.5 Å². The maximum Gasteiger partial charge on any atom is 0.232 e.